The molecule has 1 aliphatic carbocycles. The third-order valence-electron chi connectivity index (χ3n) is 4.14. The number of rotatable bonds is 1. The lowest BCUT2D eigenvalue weighted by molar-refractivity contribution is 0.237. The molecule has 2 heteroatoms. The summed E-state index contributed by atoms with van der Waals surface area (Å²) in [7, 11) is 0. The van der Waals surface area contributed by atoms with Crippen molar-refractivity contribution in [3.8, 4) is 0 Å². The molecule has 2 atom stereocenters. The van der Waals surface area contributed by atoms with Crippen molar-refractivity contribution in [3.63, 3.8) is 0 Å². The van der Waals surface area contributed by atoms with Crippen molar-refractivity contribution in [1.82, 2.24) is 0 Å². The Bertz CT molecular complexity index is 452. The molecule has 0 bridgehead atoms. The maximum Gasteiger partial charge on any atom is 0.0670 e. The topological polar surface area (TPSA) is 32.6 Å². The first-order valence-corrected chi connectivity index (χ1v) is 6.05. The van der Waals surface area contributed by atoms with Crippen LogP contribution in [0.5, 0.6) is 0 Å². The molecule has 0 saturated heterocycles. The summed E-state index contributed by atoms with van der Waals surface area (Å²) < 4.78 is 0. The van der Waals surface area contributed by atoms with Crippen molar-refractivity contribution in [3.05, 3.63) is 29.8 Å². The van der Waals surface area contributed by atoms with Crippen LogP contribution in [0.25, 0.3) is 0 Å². The van der Waals surface area contributed by atoms with Gasteiger partial charge in [-0.25, -0.2) is 0 Å². The lowest BCUT2D eigenvalue weighted by Crippen LogP contribution is -2.40. The van der Waals surface area contributed by atoms with Crippen LogP contribution in [0.2, 0.25) is 0 Å². The fourth-order valence-electron chi connectivity index (χ4n) is 3.25. The number of benzene rings is 1. The summed E-state index contributed by atoms with van der Waals surface area (Å²) in [6.07, 6.45) is 3.44. The smallest absolute Gasteiger partial charge is 0.0670 e. The van der Waals surface area contributed by atoms with Crippen molar-refractivity contribution >= 4 is 11.4 Å². The predicted octanol–water partition coefficient (Wildman–Crippen LogP) is 2.82. The van der Waals surface area contributed by atoms with E-state index in [1.165, 1.54) is 24.1 Å². The second-order valence-corrected chi connectivity index (χ2v) is 5.12. The van der Waals surface area contributed by atoms with Gasteiger partial charge in [-0.1, -0.05) is 31.5 Å². The van der Waals surface area contributed by atoms with Crippen molar-refractivity contribution in [2.75, 3.05) is 6.61 Å². The van der Waals surface area contributed by atoms with E-state index in [-0.39, 0.29) is 17.9 Å². The Kier molecular flexibility index (Phi) is 2.15. The largest absolute Gasteiger partial charge is 0.396 e. The first-order chi connectivity index (χ1) is 7.75. The SMILES string of the molecule is C[C@]12CCC[C@@H](CO)C1=Nc1ccccc12. The van der Waals surface area contributed by atoms with Crippen LogP contribution in [0.1, 0.15) is 31.7 Å². The average Bonchev–Trinajstić information content (AvgIpc) is 2.62. The molecule has 3 rings (SSSR count). The number of aliphatic hydroxyl groups excluding tert-OH is 1. The molecule has 2 nitrogen and oxygen atoms in total. The molecule has 1 fully saturated rings. The molecular weight excluding hydrogens is 198 g/mol. The van der Waals surface area contributed by atoms with E-state index >= 15 is 0 Å². The van der Waals surface area contributed by atoms with Crippen molar-refractivity contribution in [2.45, 2.75) is 31.6 Å². The van der Waals surface area contributed by atoms with Crippen LogP contribution in [0.15, 0.2) is 29.3 Å². The minimum absolute atomic E-state index is 0.0856. The minimum Gasteiger partial charge on any atom is -0.396 e. The quantitative estimate of drug-likeness (QED) is 0.767. The molecule has 1 N–H and O–H groups in total. The number of hydrogen-bond acceptors (Lipinski definition) is 2. The van der Waals surface area contributed by atoms with Crippen LogP contribution in [0, 0.1) is 5.92 Å². The Morgan fingerprint density at radius 1 is 1.44 bits per heavy atom. The zero-order valence-electron chi connectivity index (χ0n) is 9.61. The highest BCUT2D eigenvalue weighted by Gasteiger charge is 2.44. The summed E-state index contributed by atoms with van der Waals surface area (Å²) in [6, 6.07) is 8.40. The second kappa shape index (κ2) is 3.42. The molecule has 84 valence electrons. The van der Waals surface area contributed by atoms with Crippen LogP contribution < -0.4 is 0 Å². The van der Waals surface area contributed by atoms with Gasteiger partial charge in [0.2, 0.25) is 0 Å². The van der Waals surface area contributed by atoms with Gasteiger partial charge in [0.05, 0.1) is 12.3 Å². The first-order valence-electron chi connectivity index (χ1n) is 6.05. The number of para-hydroxylation sites is 1. The highest BCUT2D eigenvalue weighted by Crippen LogP contribution is 2.48. The number of aliphatic imine (C=N–C) groups is 1. The maximum absolute atomic E-state index is 9.45. The van der Waals surface area contributed by atoms with Gasteiger partial charge in [0.1, 0.15) is 0 Å². The summed E-state index contributed by atoms with van der Waals surface area (Å²) in [6.45, 7) is 2.52. The van der Waals surface area contributed by atoms with Crippen LogP contribution in [0.4, 0.5) is 5.69 Å². The molecule has 1 aromatic carbocycles. The molecule has 16 heavy (non-hydrogen) atoms. The standard InChI is InChI=1S/C14H17NO/c1-14-8-4-5-10(9-16)13(14)15-12-7-3-2-6-11(12)14/h2-3,6-7,10,16H,4-5,8-9H2,1H3/t10-,14+/m0/s1. The Morgan fingerprint density at radius 2 is 2.25 bits per heavy atom. The van der Waals surface area contributed by atoms with E-state index in [4.69, 9.17) is 4.99 Å². The van der Waals surface area contributed by atoms with Gasteiger partial charge in [-0.3, -0.25) is 4.99 Å². The van der Waals surface area contributed by atoms with Crippen molar-refractivity contribution in [1.29, 1.82) is 0 Å². The molecular formula is C14H17NO. The lowest BCUT2D eigenvalue weighted by Gasteiger charge is -2.36. The van der Waals surface area contributed by atoms with Crippen LogP contribution in [-0.4, -0.2) is 17.4 Å². The van der Waals surface area contributed by atoms with Crippen molar-refractivity contribution < 1.29 is 5.11 Å². The third-order valence-corrected chi connectivity index (χ3v) is 4.14. The summed E-state index contributed by atoms with van der Waals surface area (Å²) in [5.41, 5.74) is 3.76. The van der Waals surface area contributed by atoms with Gasteiger partial charge in [-0.15, -0.1) is 0 Å². The second-order valence-electron chi connectivity index (χ2n) is 5.12. The fraction of sp³-hybridized carbons (Fsp3) is 0.500. The summed E-state index contributed by atoms with van der Waals surface area (Å²) in [4.78, 5) is 4.75. The highest BCUT2D eigenvalue weighted by atomic mass is 16.3. The van der Waals surface area contributed by atoms with Crippen LogP contribution in [0.3, 0.4) is 0 Å². The van der Waals surface area contributed by atoms with E-state index in [9.17, 15) is 5.11 Å². The molecule has 0 spiro atoms. The molecule has 0 unspecified atom stereocenters. The first kappa shape index (κ1) is 10.0. The lowest BCUT2D eigenvalue weighted by atomic mass is 9.67. The average molecular weight is 215 g/mol. The molecule has 1 saturated carbocycles. The van der Waals surface area contributed by atoms with Gasteiger partial charge in [-0.05, 0) is 24.5 Å². The molecule has 1 aromatic rings. The minimum atomic E-state index is 0.0856. The zero-order chi connectivity index (χ0) is 11.2. The highest BCUT2D eigenvalue weighted by molar-refractivity contribution is 6.03. The molecule has 0 aromatic heterocycles. The summed E-state index contributed by atoms with van der Waals surface area (Å²) in [5, 5.41) is 9.45. The molecule has 0 radical (unpaired) electrons. The molecule has 2 aliphatic rings. The van der Waals surface area contributed by atoms with E-state index in [0.717, 1.165) is 12.1 Å². The summed E-state index contributed by atoms with van der Waals surface area (Å²) in [5.74, 6) is 0.270. The third kappa shape index (κ3) is 1.20. The Labute approximate surface area is 96.0 Å². The molecule has 0 amide bonds. The zero-order valence-corrected chi connectivity index (χ0v) is 9.61. The normalized spacial score (nSPS) is 31.9. The van der Waals surface area contributed by atoms with Crippen LogP contribution >= 0.6 is 0 Å². The monoisotopic (exact) mass is 215 g/mol. The van der Waals surface area contributed by atoms with Gasteiger partial charge in [-0.2, -0.15) is 0 Å². The van der Waals surface area contributed by atoms with Gasteiger partial charge in [0.25, 0.3) is 0 Å². The van der Waals surface area contributed by atoms with Gasteiger partial charge >= 0.3 is 0 Å². The Morgan fingerprint density at radius 3 is 3.06 bits per heavy atom. The predicted molar refractivity (Wildman–Crippen MR) is 65.3 cm³/mol. The van der Waals surface area contributed by atoms with Gasteiger partial charge in [0, 0.05) is 17.0 Å². The van der Waals surface area contributed by atoms with E-state index in [2.05, 4.69) is 25.1 Å². The Hall–Kier alpha value is -1.15. The van der Waals surface area contributed by atoms with Gasteiger partial charge in [0.15, 0.2) is 0 Å². The number of nitrogens with zero attached hydrogens (tertiary/aromatic N) is 1. The van der Waals surface area contributed by atoms with Crippen molar-refractivity contribution in [2.24, 2.45) is 10.9 Å². The van der Waals surface area contributed by atoms with E-state index < -0.39 is 0 Å². The summed E-state index contributed by atoms with van der Waals surface area (Å²) >= 11 is 0. The fourth-order valence-corrected chi connectivity index (χ4v) is 3.25. The number of fused-ring (bicyclic) bond motifs is 3. The Balaban J connectivity index is 2.13. The maximum atomic E-state index is 9.45. The van der Waals surface area contributed by atoms with E-state index in [0.29, 0.717) is 0 Å². The van der Waals surface area contributed by atoms with E-state index in [1.54, 1.807) is 0 Å². The van der Waals surface area contributed by atoms with Crippen LogP contribution in [-0.2, 0) is 5.41 Å². The molecule has 1 heterocycles. The molecule has 1 aliphatic heterocycles. The number of hydrogen-bond donors (Lipinski definition) is 1. The number of aliphatic hydroxyl groups is 1. The van der Waals surface area contributed by atoms with Gasteiger partial charge < -0.3 is 5.11 Å². The van der Waals surface area contributed by atoms with E-state index in [1.807, 2.05) is 6.07 Å².